The summed E-state index contributed by atoms with van der Waals surface area (Å²) in [4.78, 5) is 32.0. The fourth-order valence-corrected chi connectivity index (χ4v) is 4.08. The van der Waals surface area contributed by atoms with Gasteiger partial charge in [-0.25, -0.2) is 18.3 Å². The van der Waals surface area contributed by atoms with Crippen molar-refractivity contribution in [1.82, 2.24) is 9.37 Å². The summed E-state index contributed by atoms with van der Waals surface area (Å²) in [5.74, 6) is 0. The van der Waals surface area contributed by atoms with Crippen LogP contribution in [0.15, 0.2) is 24.3 Å². The highest BCUT2D eigenvalue weighted by Crippen LogP contribution is 2.26. The largest absolute Gasteiger partial charge is 0.441 e. The lowest BCUT2D eigenvalue weighted by Crippen LogP contribution is -2.48. The van der Waals surface area contributed by atoms with Gasteiger partial charge in [-0.05, 0) is 24.3 Å². The Hall–Kier alpha value is -2.02. The number of hydrogen-bond acceptors (Lipinski definition) is 7. The second kappa shape index (κ2) is 8.78. The van der Waals surface area contributed by atoms with Gasteiger partial charge in [-0.3, -0.25) is 14.5 Å². The molecule has 2 amide bonds. The van der Waals surface area contributed by atoms with E-state index in [0.717, 1.165) is 10.8 Å². The Balaban J connectivity index is 1.56. The number of piperazine rings is 1. The van der Waals surface area contributed by atoms with E-state index < -0.39 is 27.5 Å². The number of rotatable bonds is 6. The molecule has 1 atom stereocenters. The molecule has 0 unspecified atom stereocenters. The minimum absolute atomic E-state index is 0.0493. The number of sulfonamides is 1. The number of hydrogen-bond donors (Lipinski definition) is 1. The van der Waals surface area contributed by atoms with Crippen molar-refractivity contribution in [1.29, 1.82) is 0 Å². The Bertz CT molecular complexity index is 855. The van der Waals surface area contributed by atoms with Gasteiger partial charge < -0.3 is 9.64 Å². The molecule has 10 nitrogen and oxygen atoms in total. The predicted octanol–water partition coefficient (Wildman–Crippen LogP) is 1.01. The van der Waals surface area contributed by atoms with E-state index in [1.165, 1.54) is 22.5 Å². The van der Waals surface area contributed by atoms with E-state index in [2.05, 4.69) is 17.5 Å². The van der Waals surface area contributed by atoms with Crippen LogP contribution < -0.4 is 9.80 Å². The zero-order valence-electron chi connectivity index (χ0n) is 16.2. The number of benzene rings is 1. The zero-order chi connectivity index (χ0) is 21.2. The van der Waals surface area contributed by atoms with Crippen molar-refractivity contribution < 1.29 is 27.6 Å². The summed E-state index contributed by atoms with van der Waals surface area (Å²) in [6, 6.07) is 7.45. The molecular weight excluding hydrogens is 420 g/mol. The van der Waals surface area contributed by atoms with Crippen LogP contribution in [0.4, 0.5) is 21.0 Å². The van der Waals surface area contributed by atoms with Gasteiger partial charge in [0.15, 0.2) is 0 Å². The number of ether oxygens (including phenoxy) is 1. The van der Waals surface area contributed by atoms with E-state index in [4.69, 9.17) is 9.57 Å². The van der Waals surface area contributed by atoms with Gasteiger partial charge in [0, 0.05) is 44.6 Å². The highest BCUT2D eigenvalue weighted by molar-refractivity contribution is 7.96. The molecule has 2 heterocycles. The Labute approximate surface area is 175 Å². The van der Waals surface area contributed by atoms with Crippen molar-refractivity contribution in [2.75, 3.05) is 62.4 Å². The maximum Gasteiger partial charge on any atom is 0.414 e. The van der Waals surface area contributed by atoms with Crippen LogP contribution in [0.3, 0.4) is 0 Å². The van der Waals surface area contributed by atoms with Crippen LogP contribution in [0.25, 0.3) is 0 Å². The number of cyclic esters (lactones) is 1. The van der Waals surface area contributed by atoms with Crippen LogP contribution in [0.5, 0.6) is 0 Å². The second-order valence-electron chi connectivity index (χ2n) is 6.86. The van der Waals surface area contributed by atoms with Gasteiger partial charge in [0.05, 0.1) is 12.8 Å². The van der Waals surface area contributed by atoms with Crippen LogP contribution in [0.1, 0.15) is 0 Å². The summed E-state index contributed by atoms with van der Waals surface area (Å²) in [7, 11) is -1.73. The molecule has 160 valence electrons. The summed E-state index contributed by atoms with van der Waals surface area (Å²) < 4.78 is 30.0. The molecule has 0 aliphatic carbocycles. The van der Waals surface area contributed by atoms with Crippen molar-refractivity contribution in [3.63, 3.8) is 0 Å². The smallest absolute Gasteiger partial charge is 0.414 e. The van der Waals surface area contributed by atoms with Crippen LogP contribution in [0, 0.1) is 0 Å². The average Bonchev–Trinajstić information content (AvgIpc) is 3.06. The first-order valence-electron chi connectivity index (χ1n) is 9.03. The highest BCUT2D eigenvalue weighted by Gasteiger charge is 2.33. The first kappa shape index (κ1) is 21.7. The normalized spacial score (nSPS) is 20.7. The third-order valence-electron chi connectivity index (χ3n) is 4.83. The molecule has 2 saturated heterocycles. The quantitative estimate of drug-likeness (QED) is 0.516. The maximum absolute atomic E-state index is 12.2. The molecular formula is C17H24N4O6S2. The van der Waals surface area contributed by atoms with Gasteiger partial charge in [-0.15, -0.1) is 0 Å². The molecule has 0 bridgehead atoms. The van der Waals surface area contributed by atoms with Crippen molar-refractivity contribution in [2.45, 2.75) is 6.10 Å². The summed E-state index contributed by atoms with van der Waals surface area (Å²) in [6.45, 7) is 2.46. The van der Waals surface area contributed by atoms with Gasteiger partial charge in [-0.1, -0.05) is 12.6 Å². The van der Waals surface area contributed by atoms with Crippen LogP contribution in [-0.4, -0.2) is 87.9 Å². The number of anilines is 2. The minimum Gasteiger partial charge on any atom is -0.441 e. The third-order valence-corrected chi connectivity index (χ3v) is 6.42. The van der Waals surface area contributed by atoms with E-state index in [0.29, 0.717) is 38.4 Å². The molecule has 2 aliphatic rings. The first-order chi connectivity index (χ1) is 13.6. The number of carbonyl (C=O) groups excluding carboxylic acids is 2. The fraction of sp³-hybridized carbons (Fsp3) is 0.529. The lowest BCUT2D eigenvalue weighted by molar-refractivity contribution is -0.113. The summed E-state index contributed by atoms with van der Waals surface area (Å²) in [5.41, 5.74) is 1.65. The predicted molar refractivity (Wildman–Crippen MR) is 111 cm³/mol. The molecule has 3 rings (SSSR count). The molecule has 1 aromatic rings. The summed E-state index contributed by atoms with van der Waals surface area (Å²) in [6.07, 6.45) is 0.244. The number of thiol groups is 1. The third kappa shape index (κ3) is 5.32. The van der Waals surface area contributed by atoms with Crippen molar-refractivity contribution in [2.24, 2.45) is 0 Å². The molecule has 1 aromatic carbocycles. The number of amides is 2. The standard InChI is InChI=1S/C17H24N4O6S2/c1-18(17(23)28)26-12-15-11-21(16(22)27-15)14-5-3-13(4-6-14)19-7-9-20(10-8-19)29(2,24)25/h3-6,15H,7-12H2,1-2H3,(H,23,28)/t15-/m0/s1. The molecule has 0 N–H and O–H groups in total. The fourth-order valence-electron chi connectivity index (χ4n) is 3.19. The molecule has 0 aromatic heterocycles. The van der Waals surface area contributed by atoms with Gasteiger partial charge in [0.2, 0.25) is 10.0 Å². The van der Waals surface area contributed by atoms with E-state index in [9.17, 15) is 18.0 Å². The van der Waals surface area contributed by atoms with E-state index in [1.54, 1.807) is 0 Å². The van der Waals surface area contributed by atoms with Crippen molar-refractivity contribution in [3.8, 4) is 0 Å². The lowest BCUT2D eigenvalue weighted by atomic mass is 10.2. The van der Waals surface area contributed by atoms with Gasteiger partial charge in [0.1, 0.15) is 12.7 Å². The highest BCUT2D eigenvalue weighted by atomic mass is 32.2. The van der Waals surface area contributed by atoms with Gasteiger partial charge in [0.25, 0.3) is 0 Å². The molecule has 29 heavy (non-hydrogen) atoms. The molecule has 0 spiro atoms. The maximum atomic E-state index is 12.2. The topological polar surface area (TPSA) is 99.7 Å². The molecule has 2 fully saturated rings. The average molecular weight is 445 g/mol. The number of hydroxylamine groups is 2. The minimum atomic E-state index is -3.16. The monoisotopic (exact) mass is 444 g/mol. The summed E-state index contributed by atoms with van der Waals surface area (Å²) >= 11 is 3.64. The first-order valence-corrected chi connectivity index (χ1v) is 11.3. The van der Waals surface area contributed by atoms with Crippen molar-refractivity contribution >= 4 is 45.4 Å². The van der Waals surface area contributed by atoms with E-state index >= 15 is 0 Å². The molecule has 2 aliphatic heterocycles. The number of carbonyl (C=O) groups is 2. The SMILES string of the molecule is CN(OC[C@@H]1CN(c2ccc(N3CCN(S(C)(=O)=O)CC3)cc2)C(=O)O1)C(=O)S. The Morgan fingerprint density at radius 2 is 1.79 bits per heavy atom. The van der Waals surface area contributed by atoms with E-state index in [-0.39, 0.29) is 6.61 Å². The van der Waals surface area contributed by atoms with Crippen LogP contribution >= 0.6 is 12.6 Å². The van der Waals surface area contributed by atoms with Crippen LogP contribution in [-0.2, 0) is 19.6 Å². The Kier molecular flexibility index (Phi) is 6.56. The Morgan fingerprint density at radius 3 is 2.34 bits per heavy atom. The molecule has 0 saturated carbocycles. The van der Waals surface area contributed by atoms with Gasteiger partial charge in [-0.2, -0.15) is 4.31 Å². The van der Waals surface area contributed by atoms with Gasteiger partial charge >= 0.3 is 11.3 Å². The van der Waals surface area contributed by atoms with Crippen molar-refractivity contribution in [3.05, 3.63) is 24.3 Å². The van der Waals surface area contributed by atoms with E-state index in [1.807, 2.05) is 24.3 Å². The summed E-state index contributed by atoms with van der Waals surface area (Å²) in [5, 5.41) is 0.428. The Morgan fingerprint density at radius 1 is 1.21 bits per heavy atom. The van der Waals surface area contributed by atoms with Crippen LogP contribution in [0.2, 0.25) is 0 Å². The molecule has 12 heteroatoms. The second-order valence-corrected chi connectivity index (χ2v) is 9.22. The number of nitrogens with zero attached hydrogens (tertiary/aromatic N) is 4. The lowest BCUT2D eigenvalue weighted by Gasteiger charge is -2.34. The zero-order valence-corrected chi connectivity index (χ0v) is 17.9. The molecule has 0 radical (unpaired) electrons.